The predicted octanol–water partition coefficient (Wildman–Crippen LogP) is 5.17. The zero-order chi connectivity index (χ0) is 31.5. The van der Waals surface area contributed by atoms with Crippen molar-refractivity contribution < 1.29 is 27.4 Å². The Kier molecular flexibility index (Phi) is 9.93. The van der Waals surface area contributed by atoms with Crippen molar-refractivity contribution in [1.82, 2.24) is 20.1 Å². The number of methoxy groups -OCH3 is 1. The Morgan fingerprint density at radius 2 is 1.84 bits per heavy atom. The molecule has 1 amide bonds. The van der Waals surface area contributed by atoms with Gasteiger partial charge >= 0.3 is 0 Å². The van der Waals surface area contributed by atoms with Crippen molar-refractivity contribution in [2.75, 3.05) is 13.4 Å². The maximum atomic E-state index is 15.9. The fraction of sp³-hybridized carbons (Fsp3) is 0.300. The molecule has 0 saturated heterocycles. The van der Waals surface area contributed by atoms with Gasteiger partial charge in [0, 0.05) is 54.5 Å². The Morgan fingerprint density at radius 1 is 1.14 bits per heavy atom. The average Bonchev–Trinajstić information content (AvgIpc) is 3.40. The Hall–Kier alpha value is -3.35. The number of amides is 1. The van der Waals surface area contributed by atoms with Crippen LogP contribution in [0.4, 0.5) is 4.39 Å². The van der Waals surface area contributed by atoms with Crippen LogP contribution in [0.25, 0.3) is 0 Å². The summed E-state index contributed by atoms with van der Waals surface area (Å²) in [5.74, 6) is -1.38. The Labute approximate surface area is 259 Å². The van der Waals surface area contributed by atoms with E-state index >= 15 is 4.39 Å². The first kappa shape index (κ1) is 32.6. The summed E-state index contributed by atoms with van der Waals surface area (Å²) in [6.07, 6.45) is 5.36. The highest BCUT2D eigenvalue weighted by molar-refractivity contribution is 7.90. The molecule has 0 aliphatic rings. The van der Waals surface area contributed by atoms with Crippen molar-refractivity contribution in [3.63, 3.8) is 0 Å². The van der Waals surface area contributed by atoms with Crippen molar-refractivity contribution in [1.29, 1.82) is 0 Å². The fourth-order valence-electron chi connectivity index (χ4n) is 4.75. The number of aromatic nitrogens is 3. The summed E-state index contributed by atoms with van der Waals surface area (Å²) < 4.78 is 47.6. The molecular weight excluding hydrogens is 618 g/mol. The molecule has 2 atom stereocenters. The van der Waals surface area contributed by atoms with Crippen LogP contribution in [0.1, 0.15) is 57.8 Å². The molecular formula is C30H31Cl2FN4O5S. The van der Waals surface area contributed by atoms with Gasteiger partial charge in [-0.15, -0.1) is 0 Å². The van der Waals surface area contributed by atoms with E-state index in [0.29, 0.717) is 17.0 Å². The number of halogens is 3. The first-order valence-corrected chi connectivity index (χ1v) is 15.8. The number of aryl methyl sites for hydroxylation is 1. The molecule has 0 spiro atoms. The number of benzene rings is 2. The van der Waals surface area contributed by atoms with E-state index in [1.165, 1.54) is 49.3 Å². The summed E-state index contributed by atoms with van der Waals surface area (Å²) in [6, 6.07) is 11.0. The van der Waals surface area contributed by atoms with Crippen LogP contribution >= 0.6 is 23.2 Å². The van der Waals surface area contributed by atoms with Crippen LogP contribution in [-0.2, 0) is 40.2 Å². The summed E-state index contributed by atoms with van der Waals surface area (Å²) in [4.78, 5) is 17.6. The summed E-state index contributed by atoms with van der Waals surface area (Å²) in [7, 11) is -0.487. The second-order valence-electron chi connectivity index (χ2n) is 10.3. The van der Waals surface area contributed by atoms with Crippen LogP contribution in [0.2, 0.25) is 10.0 Å². The summed E-state index contributed by atoms with van der Waals surface area (Å²) in [6.45, 7) is 1.21. The van der Waals surface area contributed by atoms with Gasteiger partial charge in [0.15, 0.2) is 9.84 Å². The number of hydrogen-bond donors (Lipinski definition) is 2. The molecule has 2 aromatic heterocycles. The highest BCUT2D eigenvalue weighted by atomic mass is 35.5. The van der Waals surface area contributed by atoms with E-state index in [2.05, 4.69) is 15.4 Å². The summed E-state index contributed by atoms with van der Waals surface area (Å²) in [5, 5.41) is 18.8. The fourth-order valence-corrected chi connectivity index (χ4v) is 5.99. The highest BCUT2D eigenvalue weighted by Gasteiger charge is 2.31. The van der Waals surface area contributed by atoms with E-state index in [-0.39, 0.29) is 45.3 Å². The number of sulfone groups is 1. The molecule has 43 heavy (non-hydrogen) atoms. The highest BCUT2D eigenvalue weighted by Crippen LogP contribution is 2.33. The first-order chi connectivity index (χ1) is 20.2. The molecule has 9 nitrogen and oxygen atoms in total. The van der Waals surface area contributed by atoms with Crippen molar-refractivity contribution in [2.24, 2.45) is 7.05 Å². The van der Waals surface area contributed by atoms with Crippen molar-refractivity contribution >= 4 is 38.9 Å². The van der Waals surface area contributed by atoms with Crippen LogP contribution in [0.15, 0.2) is 66.0 Å². The number of carbonyl (C=O) groups is 1. The van der Waals surface area contributed by atoms with Crippen LogP contribution in [0.5, 0.6) is 0 Å². The molecule has 0 bridgehead atoms. The molecule has 2 aromatic carbocycles. The third kappa shape index (κ3) is 7.60. The third-order valence-electron chi connectivity index (χ3n) is 7.17. The van der Waals surface area contributed by atoms with Crippen LogP contribution in [-0.4, -0.2) is 47.6 Å². The molecule has 4 aromatic rings. The minimum absolute atomic E-state index is 0.0278. The Morgan fingerprint density at radius 3 is 2.44 bits per heavy atom. The molecule has 4 rings (SSSR count). The van der Waals surface area contributed by atoms with Crippen LogP contribution < -0.4 is 5.32 Å². The van der Waals surface area contributed by atoms with E-state index in [4.69, 9.17) is 27.9 Å². The number of pyridine rings is 1. The maximum absolute atomic E-state index is 15.9. The van der Waals surface area contributed by atoms with E-state index in [1.807, 2.05) is 12.1 Å². The standard InChI is InChI=1S/C30H31Cl2FN4O5S/c1-30(39,20-14-36-37(2)17-20)19-11-24(29(38)35-16-26-28(43(4,40)41)13-22(32)15-34-26)23(25(33)12-19)9-10-27(42-3)18-5-7-21(31)8-6-18/h5-8,11-15,17,27,39H,9-10,16H2,1-4H3,(H,35,38). The topological polar surface area (TPSA) is 123 Å². The molecule has 2 heterocycles. The second-order valence-corrected chi connectivity index (χ2v) is 13.2. The average molecular weight is 650 g/mol. The lowest BCUT2D eigenvalue weighted by Gasteiger charge is -2.25. The minimum atomic E-state index is -3.71. The summed E-state index contributed by atoms with van der Waals surface area (Å²) >= 11 is 12.0. The molecule has 0 radical (unpaired) electrons. The van der Waals surface area contributed by atoms with E-state index in [0.717, 1.165) is 11.8 Å². The zero-order valence-corrected chi connectivity index (χ0v) is 26.3. The number of carbonyl (C=O) groups excluding carboxylic acids is 1. The Balaban J connectivity index is 1.71. The number of aliphatic hydroxyl groups is 1. The molecule has 13 heteroatoms. The van der Waals surface area contributed by atoms with E-state index in [9.17, 15) is 18.3 Å². The molecule has 0 fully saturated rings. The lowest BCUT2D eigenvalue weighted by atomic mass is 9.86. The molecule has 228 valence electrons. The van der Waals surface area contributed by atoms with Crippen molar-refractivity contribution in [2.45, 2.75) is 42.9 Å². The zero-order valence-electron chi connectivity index (χ0n) is 23.9. The third-order valence-corrected chi connectivity index (χ3v) is 8.78. The first-order valence-electron chi connectivity index (χ1n) is 13.2. The Bertz CT molecular complexity index is 1740. The van der Waals surface area contributed by atoms with Gasteiger partial charge < -0.3 is 15.2 Å². The largest absolute Gasteiger partial charge is 0.381 e. The minimum Gasteiger partial charge on any atom is -0.381 e. The van der Waals surface area contributed by atoms with Gasteiger partial charge in [0.25, 0.3) is 5.91 Å². The van der Waals surface area contributed by atoms with Crippen molar-refractivity contribution in [3.8, 4) is 0 Å². The lowest BCUT2D eigenvalue weighted by Crippen LogP contribution is -2.28. The maximum Gasteiger partial charge on any atom is 0.251 e. The number of rotatable bonds is 11. The van der Waals surface area contributed by atoms with Gasteiger partial charge in [-0.3, -0.25) is 14.5 Å². The normalized spacial score (nSPS) is 13.9. The van der Waals surface area contributed by atoms with Gasteiger partial charge in [-0.2, -0.15) is 5.10 Å². The molecule has 0 saturated carbocycles. The second kappa shape index (κ2) is 13.1. The molecule has 2 unspecified atom stereocenters. The smallest absolute Gasteiger partial charge is 0.251 e. The monoisotopic (exact) mass is 648 g/mol. The van der Waals surface area contributed by atoms with Gasteiger partial charge in [0.1, 0.15) is 11.4 Å². The number of nitrogens with one attached hydrogen (secondary N) is 1. The quantitative estimate of drug-likeness (QED) is 0.230. The predicted molar refractivity (Wildman–Crippen MR) is 161 cm³/mol. The van der Waals surface area contributed by atoms with Gasteiger partial charge in [-0.1, -0.05) is 35.3 Å². The van der Waals surface area contributed by atoms with E-state index < -0.39 is 33.3 Å². The van der Waals surface area contributed by atoms with Gasteiger partial charge in [-0.25, -0.2) is 12.8 Å². The van der Waals surface area contributed by atoms with E-state index in [1.54, 1.807) is 25.4 Å². The lowest BCUT2D eigenvalue weighted by molar-refractivity contribution is 0.0925. The van der Waals surface area contributed by atoms with Gasteiger partial charge in [-0.05, 0) is 61.2 Å². The van der Waals surface area contributed by atoms with Gasteiger partial charge in [0.05, 0.1) is 34.5 Å². The van der Waals surface area contributed by atoms with Gasteiger partial charge in [0.2, 0.25) is 0 Å². The molecule has 0 aliphatic heterocycles. The molecule has 0 aliphatic carbocycles. The SMILES string of the molecule is COC(CCc1c(F)cc(C(C)(O)c2cnn(C)c2)cc1C(=O)NCc1ncc(Cl)cc1S(C)(=O)=O)c1ccc(Cl)cc1. The van der Waals surface area contributed by atoms with Crippen molar-refractivity contribution in [3.05, 3.63) is 110 Å². The number of nitrogens with zero attached hydrogens (tertiary/aromatic N) is 3. The number of ether oxygens (including phenoxy) is 1. The van der Waals surface area contributed by atoms with Crippen LogP contribution in [0, 0.1) is 5.82 Å². The number of hydrogen-bond acceptors (Lipinski definition) is 7. The molecule has 2 N–H and O–H groups in total. The summed E-state index contributed by atoms with van der Waals surface area (Å²) in [5.41, 5.74) is -0.165. The van der Waals surface area contributed by atoms with Crippen LogP contribution in [0.3, 0.4) is 0 Å².